The number of benzene rings is 1. The number of hydrogen-bond acceptors (Lipinski definition) is 4. The number of hydrogen-bond donors (Lipinski definition) is 0. The Kier molecular flexibility index (Phi) is 5.41. The molecular formula is C17H13F3N2OS2. The molecule has 0 N–H and O–H groups in total. The van der Waals surface area contributed by atoms with E-state index >= 15 is 0 Å². The van der Waals surface area contributed by atoms with Gasteiger partial charge in [-0.05, 0) is 23.1 Å². The van der Waals surface area contributed by atoms with Crippen molar-refractivity contribution in [1.82, 2.24) is 9.97 Å². The molecule has 8 heteroatoms. The van der Waals surface area contributed by atoms with Crippen molar-refractivity contribution in [3.8, 4) is 10.6 Å². The molecule has 0 aliphatic carbocycles. The van der Waals surface area contributed by atoms with Gasteiger partial charge in [0.1, 0.15) is 5.75 Å². The minimum atomic E-state index is -4.62. The lowest BCUT2D eigenvalue weighted by molar-refractivity contribution is -0.141. The van der Waals surface area contributed by atoms with Crippen LogP contribution in [0.5, 0.6) is 0 Å². The molecule has 0 fully saturated rings. The first kappa shape index (κ1) is 17.9. The molecule has 0 spiro atoms. The molecule has 0 amide bonds. The van der Waals surface area contributed by atoms with Gasteiger partial charge in [-0.2, -0.15) is 23.1 Å². The number of aryl methyl sites for hydroxylation is 1. The third-order valence-electron chi connectivity index (χ3n) is 3.39. The molecule has 3 aromatic rings. The summed E-state index contributed by atoms with van der Waals surface area (Å²) in [6.07, 6.45) is -4.14. The van der Waals surface area contributed by atoms with Crippen LogP contribution in [0.2, 0.25) is 0 Å². The van der Waals surface area contributed by atoms with Crippen molar-refractivity contribution < 1.29 is 17.7 Å². The van der Waals surface area contributed by atoms with Gasteiger partial charge in [0.2, 0.25) is 0 Å². The predicted octanol–water partition coefficient (Wildman–Crippen LogP) is 4.57. The number of halogens is 3. The lowest BCUT2D eigenvalue weighted by Crippen LogP contribution is -2.17. The monoisotopic (exact) mass is 382 g/mol. The van der Waals surface area contributed by atoms with Crippen LogP contribution in [0.1, 0.15) is 11.3 Å². The second-order valence-corrected chi connectivity index (χ2v) is 7.59. The third kappa shape index (κ3) is 4.59. The Balaban J connectivity index is 1.87. The summed E-state index contributed by atoms with van der Waals surface area (Å²) in [6.45, 7) is 0. The molecule has 1 atom stereocenters. The maximum absolute atomic E-state index is 13.1. The van der Waals surface area contributed by atoms with Gasteiger partial charge in [0.25, 0.3) is 0 Å². The normalized spacial score (nSPS) is 13.0. The Morgan fingerprint density at radius 3 is 2.44 bits per heavy atom. The first-order valence-corrected chi connectivity index (χ1v) is 9.56. The fourth-order valence-electron chi connectivity index (χ4n) is 2.17. The van der Waals surface area contributed by atoms with E-state index in [0.717, 1.165) is 11.6 Å². The largest absolute Gasteiger partial charge is 0.609 e. The molecule has 0 aliphatic rings. The third-order valence-corrected chi connectivity index (χ3v) is 5.45. The van der Waals surface area contributed by atoms with Gasteiger partial charge in [0.05, 0.1) is 10.6 Å². The average Bonchev–Trinajstić information content (AvgIpc) is 3.14. The van der Waals surface area contributed by atoms with Gasteiger partial charge < -0.3 is 4.55 Å². The van der Waals surface area contributed by atoms with Crippen molar-refractivity contribution in [1.29, 1.82) is 0 Å². The molecule has 2 aromatic heterocycles. The zero-order chi connectivity index (χ0) is 17.9. The van der Waals surface area contributed by atoms with E-state index in [-0.39, 0.29) is 16.6 Å². The van der Waals surface area contributed by atoms with Gasteiger partial charge in [-0.3, -0.25) is 0 Å². The van der Waals surface area contributed by atoms with Crippen molar-refractivity contribution in [2.24, 2.45) is 0 Å². The maximum atomic E-state index is 13.1. The van der Waals surface area contributed by atoms with Gasteiger partial charge in [-0.15, -0.1) is 11.3 Å². The van der Waals surface area contributed by atoms with E-state index in [9.17, 15) is 17.7 Å². The van der Waals surface area contributed by atoms with Crippen molar-refractivity contribution in [2.45, 2.75) is 17.8 Å². The van der Waals surface area contributed by atoms with Gasteiger partial charge >= 0.3 is 11.3 Å². The molecule has 1 aromatic carbocycles. The molecule has 25 heavy (non-hydrogen) atoms. The SMILES string of the molecule is [O-][S+](CCc1ccccc1)c1nc(-c2cccs2)cc(C(F)(F)F)n1. The van der Waals surface area contributed by atoms with Crippen LogP contribution in [-0.4, -0.2) is 20.3 Å². The Morgan fingerprint density at radius 2 is 1.80 bits per heavy atom. The van der Waals surface area contributed by atoms with Gasteiger partial charge in [-0.25, -0.2) is 0 Å². The van der Waals surface area contributed by atoms with Gasteiger partial charge in [0, 0.05) is 17.6 Å². The van der Waals surface area contributed by atoms with Crippen molar-refractivity contribution in [3.05, 3.63) is 65.2 Å². The zero-order valence-corrected chi connectivity index (χ0v) is 14.5. The summed E-state index contributed by atoms with van der Waals surface area (Å²) in [4.78, 5) is 8.17. The number of alkyl halides is 3. The summed E-state index contributed by atoms with van der Waals surface area (Å²) >= 11 is -0.449. The predicted molar refractivity (Wildman–Crippen MR) is 91.8 cm³/mol. The number of aromatic nitrogens is 2. The standard InChI is InChI=1S/C17H13F3N2OS2/c18-17(19,20)15-11-13(14-7-4-9-24-14)21-16(22-15)25(23)10-8-12-5-2-1-3-6-12/h1-7,9,11H,8,10H2. The van der Waals surface area contributed by atoms with Crippen LogP contribution >= 0.6 is 11.3 Å². The topological polar surface area (TPSA) is 48.8 Å². The Labute approximate surface area is 149 Å². The fraction of sp³-hybridized carbons (Fsp3) is 0.176. The van der Waals surface area contributed by atoms with E-state index in [0.29, 0.717) is 11.3 Å². The molecule has 2 heterocycles. The van der Waals surface area contributed by atoms with Gasteiger partial charge in [0.15, 0.2) is 5.69 Å². The Hall–Kier alpha value is -1.90. The van der Waals surface area contributed by atoms with Crippen LogP contribution in [0, 0.1) is 0 Å². The minimum Gasteiger partial charge on any atom is -0.609 e. The number of nitrogens with zero attached hydrogens (tertiary/aromatic N) is 2. The second kappa shape index (κ2) is 7.55. The summed E-state index contributed by atoms with van der Waals surface area (Å²) in [7, 11) is 0. The maximum Gasteiger partial charge on any atom is 0.433 e. The highest BCUT2D eigenvalue weighted by atomic mass is 32.2. The van der Waals surface area contributed by atoms with Gasteiger partial charge in [-0.1, -0.05) is 36.4 Å². The molecule has 0 bridgehead atoms. The number of thiophene rings is 1. The van der Waals surface area contributed by atoms with E-state index in [1.807, 2.05) is 30.3 Å². The Morgan fingerprint density at radius 1 is 1.04 bits per heavy atom. The van der Waals surface area contributed by atoms with Crippen LogP contribution in [0.15, 0.2) is 59.1 Å². The average molecular weight is 382 g/mol. The van der Waals surface area contributed by atoms with Crippen LogP contribution < -0.4 is 0 Å². The van der Waals surface area contributed by atoms with E-state index in [1.165, 1.54) is 11.3 Å². The molecule has 0 radical (unpaired) electrons. The van der Waals surface area contributed by atoms with E-state index < -0.39 is 23.0 Å². The van der Waals surface area contributed by atoms with Crippen LogP contribution in [0.4, 0.5) is 13.2 Å². The van der Waals surface area contributed by atoms with Crippen molar-refractivity contribution in [3.63, 3.8) is 0 Å². The summed E-state index contributed by atoms with van der Waals surface area (Å²) in [5, 5.41) is 1.46. The fourth-order valence-corrected chi connectivity index (χ4v) is 3.86. The molecule has 0 saturated heterocycles. The van der Waals surface area contributed by atoms with Crippen molar-refractivity contribution >= 4 is 22.5 Å². The molecule has 3 rings (SSSR count). The van der Waals surface area contributed by atoms with E-state index in [1.54, 1.807) is 17.5 Å². The first-order valence-electron chi connectivity index (χ1n) is 7.36. The molecule has 1 unspecified atom stereocenters. The smallest absolute Gasteiger partial charge is 0.433 e. The van der Waals surface area contributed by atoms with Crippen molar-refractivity contribution in [2.75, 3.05) is 5.75 Å². The lowest BCUT2D eigenvalue weighted by Gasteiger charge is -2.12. The molecular weight excluding hydrogens is 369 g/mol. The lowest BCUT2D eigenvalue weighted by atomic mass is 10.2. The quantitative estimate of drug-likeness (QED) is 0.480. The van der Waals surface area contributed by atoms with E-state index in [2.05, 4.69) is 9.97 Å². The Bertz CT molecular complexity index is 824. The highest BCUT2D eigenvalue weighted by Gasteiger charge is 2.35. The summed E-state index contributed by atoms with van der Waals surface area (Å²) in [5.41, 5.74) is 0.0238. The van der Waals surface area contributed by atoms with Crippen LogP contribution in [-0.2, 0) is 23.8 Å². The highest BCUT2D eigenvalue weighted by molar-refractivity contribution is 7.91. The molecule has 0 saturated carbocycles. The number of rotatable bonds is 5. The summed E-state index contributed by atoms with van der Waals surface area (Å²) < 4.78 is 51.8. The summed E-state index contributed by atoms with van der Waals surface area (Å²) in [5.74, 6) is 0.162. The molecule has 3 nitrogen and oxygen atoms in total. The first-order chi connectivity index (χ1) is 11.9. The minimum absolute atomic E-state index is 0.139. The highest BCUT2D eigenvalue weighted by Crippen LogP contribution is 2.32. The van der Waals surface area contributed by atoms with Crippen LogP contribution in [0.3, 0.4) is 0 Å². The zero-order valence-electron chi connectivity index (χ0n) is 12.9. The summed E-state index contributed by atoms with van der Waals surface area (Å²) in [6, 6.07) is 13.6. The molecule has 130 valence electrons. The van der Waals surface area contributed by atoms with Crippen LogP contribution in [0.25, 0.3) is 10.6 Å². The molecule has 0 aliphatic heterocycles. The second-order valence-electron chi connectivity index (χ2n) is 5.18. The van der Waals surface area contributed by atoms with E-state index in [4.69, 9.17) is 0 Å².